The molecule has 8 heteroatoms. The minimum absolute atomic E-state index is 0.0498. The highest BCUT2D eigenvalue weighted by atomic mass is 16.2. The second kappa shape index (κ2) is 8.74. The molecule has 2 aliphatic heterocycles. The molecule has 178 valence electrons. The topological polar surface area (TPSA) is 90.0 Å². The lowest BCUT2D eigenvalue weighted by Gasteiger charge is -2.37. The minimum atomic E-state index is -0.862. The molecule has 2 atom stereocenters. The molecule has 1 aliphatic carbocycles. The van der Waals surface area contributed by atoms with Crippen molar-refractivity contribution in [3.63, 3.8) is 0 Å². The first kappa shape index (κ1) is 22.4. The molecule has 8 nitrogen and oxygen atoms in total. The lowest BCUT2D eigenvalue weighted by atomic mass is 9.73. The molecule has 3 aliphatic rings. The molecule has 5 amide bonds. The first-order valence-corrected chi connectivity index (χ1v) is 12.1. The van der Waals surface area contributed by atoms with Crippen molar-refractivity contribution in [1.82, 2.24) is 20.0 Å². The van der Waals surface area contributed by atoms with Gasteiger partial charge in [-0.3, -0.25) is 19.3 Å². The van der Waals surface area contributed by atoms with Gasteiger partial charge in [-0.05, 0) is 35.6 Å². The summed E-state index contributed by atoms with van der Waals surface area (Å²) in [6, 6.07) is 13.0. The van der Waals surface area contributed by atoms with Crippen LogP contribution in [0.5, 0.6) is 0 Å². The largest absolute Gasteiger partial charge is 0.338 e. The molecule has 1 N–H and O–H groups in total. The first-order chi connectivity index (χ1) is 16.4. The first-order valence-electron chi connectivity index (χ1n) is 12.1. The fourth-order valence-corrected chi connectivity index (χ4v) is 5.62. The van der Waals surface area contributed by atoms with Crippen molar-refractivity contribution in [2.45, 2.75) is 38.1 Å². The Kier molecular flexibility index (Phi) is 5.75. The molecule has 0 aromatic heterocycles. The van der Waals surface area contributed by atoms with Crippen LogP contribution < -0.4 is 5.32 Å². The Morgan fingerprint density at radius 3 is 2.44 bits per heavy atom. The monoisotopic (exact) mass is 462 g/mol. The van der Waals surface area contributed by atoms with Crippen molar-refractivity contribution in [3.05, 3.63) is 48.0 Å². The van der Waals surface area contributed by atoms with Gasteiger partial charge in [0.25, 0.3) is 11.8 Å². The van der Waals surface area contributed by atoms with Gasteiger partial charge >= 0.3 is 6.03 Å². The molecule has 1 saturated carbocycles. The number of hydrogen-bond acceptors (Lipinski definition) is 4. The van der Waals surface area contributed by atoms with E-state index in [0.717, 1.165) is 34.9 Å². The third-order valence-electron chi connectivity index (χ3n) is 7.73. The number of fused-ring (bicyclic) bond motifs is 1. The molecule has 1 spiro atoms. The van der Waals surface area contributed by atoms with Crippen LogP contribution in [0.4, 0.5) is 4.79 Å². The Hall–Kier alpha value is -3.42. The number of urea groups is 1. The zero-order valence-corrected chi connectivity index (χ0v) is 19.5. The number of carbonyl (C=O) groups is 4. The number of rotatable bonds is 3. The van der Waals surface area contributed by atoms with E-state index in [0.29, 0.717) is 38.2 Å². The number of imide groups is 1. The summed E-state index contributed by atoms with van der Waals surface area (Å²) in [6.07, 6.45) is 3.45. The summed E-state index contributed by atoms with van der Waals surface area (Å²) in [4.78, 5) is 56.4. The van der Waals surface area contributed by atoms with Gasteiger partial charge in [0.1, 0.15) is 12.1 Å². The fourth-order valence-electron chi connectivity index (χ4n) is 5.62. The number of benzene rings is 2. The van der Waals surface area contributed by atoms with Crippen molar-refractivity contribution >= 4 is 34.5 Å². The van der Waals surface area contributed by atoms with Crippen LogP contribution in [0.3, 0.4) is 0 Å². The van der Waals surface area contributed by atoms with Crippen LogP contribution in [-0.2, 0) is 9.59 Å². The van der Waals surface area contributed by atoms with Gasteiger partial charge in [0, 0.05) is 31.7 Å². The highest BCUT2D eigenvalue weighted by Crippen LogP contribution is 2.38. The number of nitrogens with zero attached hydrogens (tertiary/aromatic N) is 3. The Morgan fingerprint density at radius 1 is 0.971 bits per heavy atom. The van der Waals surface area contributed by atoms with Gasteiger partial charge in [-0.1, -0.05) is 56.2 Å². The van der Waals surface area contributed by atoms with E-state index in [1.807, 2.05) is 49.4 Å². The number of hydrogen-bond donors (Lipinski definition) is 1. The van der Waals surface area contributed by atoms with Crippen molar-refractivity contribution in [2.24, 2.45) is 5.92 Å². The van der Waals surface area contributed by atoms with E-state index in [1.54, 1.807) is 9.80 Å². The molecular formula is C26H30N4O4. The van der Waals surface area contributed by atoms with Gasteiger partial charge in [-0.15, -0.1) is 0 Å². The second-order valence-electron chi connectivity index (χ2n) is 9.64. The lowest BCUT2D eigenvalue weighted by Crippen LogP contribution is -2.55. The Morgan fingerprint density at radius 2 is 1.68 bits per heavy atom. The van der Waals surface area contributed by atoms with Gasteiger partial charge in [0.15, 0.2) is 0 Å². The molecule has 3 fully saturated rings. The van der Waals surface area contributed by atoms with Crippen LogP contribution in [0.1, 0.15) is 43.0 Å². The average Bonchev–Trinajstić information content (AvgIpc) is 3.10. The summed E-state index contributed by atoms with van der Waals surface area (Å²) in [6.45, 7) is 3.32. The van der Waals surface area contributed by atoms with Crippen molar-refractivity contribution in [2.75, 3.05) is 32.7 Å². The van der Waals surface area contributed by atoms with E-state index in [9.17, 15) is 19.2 Å². The van der Waals surface area contributed by atoms with Crippen LogP contribution in [0.25, 0.3) is 10.8 Å². The number of nitrogens with one attached hydrogen (secondary N) is 1. The Balaban J connectivity index is 1.21. The number of piperazine rings is 1. The van der Waals surface area contributed by atoms with E-state index >= 15 is 0 Å². The summed E-state index contributed by atoms with van der Waals surface area (Å²) < 4.78 is 0. The maximum absolute atomic E-state index is 13.2. The quantitative estimate of drug-likeness (QED) is 0.710. The van der Waals surface area contributed by atoms with Gasteiger partial charge in [-0.2, -0.15) is 0 Å². The number of amides is 5. The second-order valence-corrected chi connectivity index (χ2v) is 9.64. The van der Waals surface area contributed by atoms with Crippen molar-refractivity contribution < 1.29 is 19.2 Å². The van der Waals surface area contributed by atoms with E-state index in [4.69, 9.17) is 0 Å². The molecule has 34 heavy (non-hydrogen) atoms. The minimum Gasteiger partial charge on any atom is -0.338 e. The van der Waals surface area contributed by atoms with Crippen LogP contribution in [0, 0.1) is 5.92 Å². The lowest BCUT2D eigenvalue weighted by molar-refractivity contribution is -0.141. The molecule has 0 radical (unpaired) electrons. The smallest absolute Gasteiger partial charge is 0.325 e. The standard InChI is InChI=1S/C26H30N4O4/c1-18-7-4-5-12-26(18)24(33)30(25(34)27-26)17-22(31)28-13-15-29(16-14-28)23(32)21-11-6-9-19-8-2-3-10-20(19)21/h2-3,6,8-11,18H,4-5,7,12-17H2,1H3,(H,27,34). The van der Waals surface area contributed by atoms with Gasteiger partial charge in [-0.25, -0.2) is 4.79 Å². The highest BCUT2D eigenvalue weighted by molar-refractivity contribution is 6.09. The molecule has 2 aromatic carbocycles. The number of carbonyl (C=O) groups excluding carboxylic acids is 4. The van der Waals surface area contributed by atoms with E-state index in [2.05, 4.69) is 5.32 Å². The van der Waals surface area contributed by atoms with Gasteiger partial charge < -0.3 is 15.1 Å². The normalized spacial score (nSPS) is 25.2. The molecule has 2 saturated heterocycles. The predicted molar refractivity (Wildman–Crippen MR) is 127 cm³/mol. The third kappa shape index (κ3) is 3.71. The molecule has 2 aromatic rings. The van der Waals surface area contributed by atoms with E-state index in [1.165, 1.54) is 0 Å². The van der Waals surface area contributed by atoms with E-state index < -0.39 is 11.6 Å². The Labute approximate surface area is 198 Å². The van der Waals surface area contributed by atoms with Crippen LogP contribution in [0.2, 0.25) is 0 Å². The summed E-state index contributed by atoms with van der Waals surface area (Å²) in [7, 11) is 0. The molecule has 0 bridgehead atoms. The summed E-state index contributed by atoms with van der Waals surface area (Å²) >= 11 is 0. The molecule has 5 rings (SSSR count). The maximum Gasteiger partial charge on any atom is 0.325 e. The highest BCUT2D eigenvalue weighted by Gasteiger charge is 2.55. The zero-order valence-electron chi connectivity index (χ0n) is 19.5. The predicted octanol–water partition coefficient (Wildman–Crippen LogP) is 2.62. The van der Waals surface area contributed by atoms with Gasteiger partial charge in [0.05, 0.1) is 0 Å². The van der Waals surface area contributed by atoms with Crippen LogP contribution in [0.15, 0.2) is 42.5 Å². The third-order valence-corrected chi connectivity index (χ3v) is 7.73. The van der Waals surface area contributed by atoms with Crippen LogP contribution >= 0.6 is 0 Å². The van der Waals surface area contributed by atoms with Crippen molar-refractivity contribution in [1.29, 1.82) is 0 Å². The van der Waals surface area contributed by atoms with E-state index in [-0.39, 0.29) is 30.2 Å². The molecule has 2 heterocycles. The SMILES string of the molecule is CC1CCCCC12NC(=O)N(CC(=O)N1CCN(C(=O)c3cccc4ccccc34)CC1)C2=O. The van der Waals surface area contributed by atoms with Crippen LogP contribution in [-0.4, -0.2) is 76.7 Å². The molecule has 2 unspecified atom stereocenters. The summed E-state index contributed by atoms with van der Waals surface area (Å²) in [5.41, 5.74) is -0.205. The zero-order chi connectivity index (χ0) is 23.9. The Bertz CT molecular complexity index is 1150. The van der Waals surface area contributed by atoms with Gasteiger partial charge in [0.2, 0.25) is 5.91 Å². The maximum atomic E-state index is 13.2. The average molecular weight is 463 g/mol. The molecular weight excluding hydrogens is 432 g/mol. The van der Waals surface area contributed by atoms with Crippen molar-refractivity contribution in [3.8, 4) is 0 Å². The fraction of sp³-hybridized carbons (Fsp3) is 0.462. The summed E-state index contributed by atoms with van der Waals surface area (Å²) in [5.74, 6) is -0.531. The summed E-state index contributed by atoms with van der Waals surface area (Å²) in [5, 5.41) is 4.83.